The fourth-order valence-electron chi connectivity index (χ4n) is 2.04. The van der Waals surface area contributed by atoms with Crippen LogP contribution in [0.25, 0.3) is 10.8 Å². The number of carboxylic acids is 1. The van der Waals surface area contributed by atoms with Crippen LogP contribution in [0.15, 0.2) is 28.7 Å². The van der Waals surface area contributed by atoms with Gasteiger partial charge in [0.05, 0.1) is 12.7 Å². The number of carboxylic acid groups (broad SMARTS) is 1. The number of fused-ring (bicyclic) bond motifs is 1. The van der Waals surface area contributed by atoms with Crippen molar-refractivity contribution in [1.29, 1.82) is 0 Å². The van der Waals surface area contributed by atoms with E-state index in [9.17, 15) is 18.0 Å². The molecular formula is C13H8BrF3O3. The van der Waals surface area contributed by atoms with Crippen LogP contribution < -0.4 is 4.74 Å². The Bertz CT molecular complexity index is 695. The average Bonchev–Trinajstić information content (AvgIpc) is 2.35. The quantitative estimate of drug-likeness (QED) is 0.878. The number of hydrogen-bond donors (Lipinski definition) is 1. The first-order valence-corrected chi connectivity index (χ1v) is 6.16. The number of rotatable bonds is 2. The zero-order chi connectivity index (χ0) is 15.1. The average molecular weight is 349 g/mol. The molecule has 0 aliphatic carbocycles. The van der Waals surface area contributed by atoms with Crippen molar-refractivity contribution >= 4 is 32.7 Å². The predicted octanol–water partition coefficient (Wildman–Crippen LogP) is 4.33. The molecular weight excluding hydrogens is 341 g/mol. The lowest BCUT2D eigenvalue weighted by Crippen LogP contribution is -2.09. The van der Waals surface area contributed by atoms with Gasteiger partial charge in [-0.1, -0.05) is 6.07 Å². The summed E-state index contributed by atoms with van der Waals surface area (Å²) >= 11 is 3.04. The number of aromatic carboxylic acids is 1. The van der Waals surface area contributed by atoms with E-state index in [1.54, 1.807) is 0 Å². The molecule has 3 nitrogen and oxygen atoms in total. The van der Waals surface area contributed by atoms with Crippen LogP contribution in [0.4, 0.5) is 13.2 Å². The van der Waals surface area contributed by atoms with Crippen molar-refractivity contribution in [2.75, 3.05) is 7.11 Å². The standard InChI is InChI=1S/C13H8BrF3O3/c1-20-9-5-3-6-7(11(9)13(15,16)17)2-4-8(14)10(6)12(18)19/h2-5H,1H3,(H,18,19). The van der Waals surface area contributed by atoms with E-state index < -0.39 is 17.7 Å². The van der Waals surface area contributed by atoms with Crippen LogP contribution in [0.1, 0.15) is 15.9 Å². The Morgan fingerprint density at radius 3 is 2.30 bits per heavy atom. The molecule has 0 saturated heterocycles. The largest absolute Gasteiger partial charge is 0.496 e. The Hall–Kier alpha value is -1.76. The molecule has 0 aromatic heterocycles. The summed E-state index contributed by atoms with van der Waals surface area (Å²) in [7, 11) is 1.13. The summed E-state index contributed by atoms with van der Waals surface area (Å²) in [6.45, 7) is 0. The van der Waals surface area contributed by atoms with Gasteiger partial charge >= 0.3 is 12.1 Å². The third kappa shape index (κ3) is 2.33. The summed E-state index contributed by atoms with van der Waals surface area (Å²) in [5, 5.41) is 8.93. The molecule has 7 heteroatoms. The third-order valence-corrected chi connectivity index (χ3v) is 3.49. The Balaban J connectivity index is 2.97. The topological polar surface area (TPSA) is 46.5 Å². The van der Waals surface area contributed by atoms with Gasteiger partial charge in [-0.3, -0.25) is 0 Å². The highest BCUT2D eigenvalue weighted by Gasteiger charge is 2.37. The minimum absolute atomic E-state index is 0.000000000000000222. The van der Waals surface area contributed by atoms with E-state index >= 15 is 0 Å². The minimum atomic E-state index is -4.64. The molecule has 0 amide bonds. The van der Waals surface area contributed by atoms with Gasteiger partial charge in [0.1, 0.15) is 11.3 Å². The Morgan fingerprint density at radius 2 is 1.80 bits per heavy atom. The summed E-state index contributed by atoms with van der Waals surface area (Å²) in [5.74, 6) is -1.65. The summed E-state index contributed by atoms with van der Waals surface area (Å²) in [4.78, 5) is 11.2. The molecule has 106 valence electrons. The summed E-state index contributed by atoms with van der Waals surface area (Å²) < 4.78 is 44.4. The van der Waals surface area contributed by atoms with Crippen LogP contribution in [0.3, 0.4) is 0 Å². The Labute approximate surface area is 120 Å². The normalized spacial score (nSPS) is 11.7. The highest BCUT2D eigenvalue weighted by molar-refractivity contribution is 9.10. The van der Waals surface area contributed by atoms with Crippen LogP contribution in [0, 0.1) is 0 Å². The second kappa shape index (κ2) is 4.97. The maximum absolute atomic E-state index is 13.2. The molecule has 20 heavy (non-hydrogen) atoms. The van der Waals surface area contributed by atoms with Crippen molar-refractivity contribution in [3.63, 3.8) is 0 Å². The second-order valence-corrected chi connectivity index (χ2v) is 4.82. The highest BCUT2D eigenvalue weighted by atomic mass is 79.9. The first-order chi connectivity index (χ1) is 9.27. The molecule has 0 heterocycles. The van der Waals surface area contributed by atoms with Gasteiger partial charge in [-0.15, -0.1) is 0 Å². The summed E-state index contributed by atoms with van der Waals surface area (Å²) in [6.07, 6.45) is -4.64. The van der Waals surface area contributed by atoms with E-state index in [4.69, 9.17) is 9.84 Å². The van der Waals surface area contributed by atoms with Crippen molar-refractivity contribution in [2.24, 2.45) is 0 Å². The van der Waals surface area contributed by atoms with Crippen LogP contribution in [0.2, 0.25) is 0 Å². The molecule has 0 fully saturated rings. The van der Waals surface area contributed by atoms with Crippen molar-refractivity contribution < 1.29 is 27.8 Å². The lowest BCUT2D eigenvalue weighted by Gasteiger charge is -2.16. The van der Waals surface area contributed by atoms with Gasteiger partial charge in [0.25, 0.3) is 0 Å². The Kier molecular flexibility index (Phi) is 3.64. The van der Waals surface area contributed by atoms with Crippen molar-refractivity contribution in [3.05, 3.63) is 39.9 Å². The van der Waals surface area contributed by atoms with Crippen LogP contribution in [-0.4, -0.2) is 18.2 Å². The van der Waals surface area contributed by atoms with Crippen molar-refractivity contribution in [1.82, 2.24) is 0 Å². The molecule has 0 atom stereocenters. The number of ether oxygens (including phenoxy) is 1. The maximum atomic E-state index is 13.2. The first kappa shape index (κ1) is 14.6. The van der Waals surface area contributed by atoms with E-state index in [1.807, 2.05) is 0 Å². The summed E-state index contributed by atoms with van der Waals surface area (Å²) in [5.41, 5.74) is -1.19. The van der Waals surface area contributed by atoms with E-state index in [1.165, 1.54) is 18.2 Å². The van der Waals surface area contributed by atoms with Gasteiger partial charge in [0, 0.05) is 4.47 Å². The molecule has 0 spiro atoms. The zero-order valence-corrected chi connectivity index (χ0v) is 11.7. The summed E-state index contributed by atoms with van der Waals surface area (Å²) in [6, 6.07) is 4.92. The SMILES string of the molecule is COc1ccc2c(C(=O)O)c(Br)ccc2c1C(F)(F)F. The minimum Gasteiger partial charge on any atom is -0.496 e. The number of methoxy groups -OCH3 is 1. The highest BCUT2D eigenvalue weighted by Crippen LogP contribution is 2.42. The van der Waals surface area contributed by atoms with Gasteiger partial charge in [-0.2, -0.15) is 13.2 Å². The van der Waals surface area contributed by atoms with Crippen molar-refractivity contribution in [2.45, 2.75) is 6.18 Å². The Morgan fingerprint density at radius 1 is 1.20 bits per heavy atom. The van der Waals surface area contributed by atoms with Crippen LogP contribution >= 0.6 is 15.9 Å². The third-order valence-electron chi connectivity index (χ3n) is 2.83. The van der Waals surface area contributed by atoms with E-state index in [-0.39, 0.29) is 26.6 Å². The van der Waals surface area contributed by atoms with Gasteiger partial charge in [-0.05, 0) is 44.9 Å². The maximum Gasteiger partial charge on any atom is 0.420 e. The fraction of sp³-hybridized carbons (Fsp3) is 0.154. The molecule has 0 radical (unpaired) electrons. The van der Waals surface area contributed by atoms with Gasteiger partial charge in [0.15, 0.2) is 0 Å². The molecule has 1 N–H and O–H groups in total. The zero-order valence-electron chi connectivity index (χ0n) is 10.1. The molecule has 2 aromatic rings. The fourth-order valence-corrected chi connectivity index (χ4v) is 2.55. The number of alkyl halides is 3. The van der Waals surface area contributed by atoms with E-state index in [0.717, 1.165) is 13.2 Å². The monoisotopic (exact) mass is 348 g/mol. The number of carbonyl (C=O) groups is 1. The van der Waals surface area contributed by atoms with Crippen LogP contribution in [-0.2, 0) is 6.18 Å². The number of halogens is 4. The lowest BCUT2D eigenvalue weighted by molar-refractivity contribution is -0.137. The van der Waals surface area contributed by atoms with Gasteiger partial charge in [0.2, 0.25) is 0 Å². The molecule has 0 bridgehead atoms. The van der Waals surface area contributed by atoms with Gasteiger partial charge < -0.3 is 9.84 Å². The van der Waals surface area contributed by atoms with Crippen LogP contribution in [0.5, 0.6) is 5.75 Å². The first-order valence-electron chi connectivity index (χ1n) is 5.37. The molecule has 0 aliphatic rings. The molecule has 2 aromatic carbocycles. The molecule has 0 aliphatic heterocycles. The van der Waals surface area contributed by atoms with Gasteiger partial charge in [-0.25, -0.2) is 4.79 Å². The van der Waals surface area contributed by atoms with E-state index in [0.29, 0.717) is 0 Å². The smallest absolute Gasteiger partial charge is 0.420 e. The molecule has 0 saturated carbocycles. The van der Waals surface area contributed by atoms with Crippen molar-refractivity contribution in [3.8, 4) is 5.75 Å². The number of benzene rings is 2. The number of hydrogen-bond acceptors (Lipinski definition) is 2. The second-order valence-electron chi connectivity index (χ2n) is 3.96. The lowest BCUT2D eigenvalue weighted by atomic mass is 9.99. The molecule has 0 unspecified atom stereocenters. The van der Waals surface area contributed by atoms with E-state index in [2.05, 4.69) is 15.9 Å². The molecule has 2 rings (SSSR count). The predicted molar refractivity (Wildman–Crippen MR) is 70.2 cm³/mol.